The highest BCUT2D eigenvalue weighted by molar-refractivity contribution is 5.78. The molecule has 1 aromatic carbocycles. The van der Waals surface area contributed by atoms with E-state index in [2.05, 4.69) is 43.9 Å². The van der Waals surface area contributed by atoms with Gasteiger partial charge in [-0.1, -0.05) is 25.1 Å². The zero-order valence-corrected chi connectivity index (χ0v) is 14.1. The number of aliphatic hydroxyl groups excluding tert-OH is 1. The number of hydrogen-bond donors (Lipinski definition) is 1. The number of ether oxygens (including phenoxy) is 1. The van der Waals surface area contributed by atoms with E-state index in [4.69, 9.17) is 4.74 Å². The summed E-state index contributed by atoms with van der Waals surface area (Å²) in [5.74, 6) is 1.44. The van der Waals surface area contributed by atoms with E-state index in [-0.39, 0.29) is 16.9 Å². The van der Waals surface area contributed by atoms with Crippen molar-refractivity contribution in [3.05, 3.63) is 48.1 Å². The molecule has 4 atom stereocenters. The highest BCUT2D eigenvalue weighted by Gasteiger charge is 2.58. The van der Waals surface area contributed by atoms with Crippen LogP contribution in [0.25, 0.3) is 5.57 Å². The molecule has 122 valence electrons. The summed E-state index contributed by atoms with van der Waals surface area (Å²) in [6.45, 7) is 6.51. The Kier molecular flexibility index (Phi) is 3.25. The summed E-state index contributed by atoms with van der Waals surface area (Å²) in [6, 6.07) is 6.46. The molecule has 0 heterocycles. The third kappa shape index (κ3) is 1.85. The van der Waals surface area contributed by atoms with Gasteiger partial charge in [0.15, 0.2) is 0 Å². The lowest BCUT2D eigenvalue weighted by Crippen LogP contribution is -2.46. The lowest BCUT2D eigenvalue weighted by atomic mass is 9.51. The highest BCUT2D eigenvalue weighted by Crippen LogP contribution is 2.65. The van der Waals surface area contributed by atoms with E-state index in [1.807, 2.05) is 0 Å². The molecule has 1 fully saturated rings. The Morgan fingerprint density at radius 1 is 1.35 bits per heavy atom. The first kappa shape index (κ1) is 15.0. The molecule has 0 aromatic heterocycles. The average molecular weight is 310 g/mol. The van der Waals surface area contributed by atoms with E-state index in [0.717, 1.165) is 37.9 Å². The maximum absolute atomic E-state index is 10.6. The number of fused-ring (bicyclic) bond motifs is 5. The second kappa shape index (κ2) is 4.98. The summed E-state index contributed by atoms with van der Waals surface area (Å²) in [6.07, 6.45) is 9.53. The largest absolute Gasteiger partial charge is 0.497 e. The maximum atomic E-state index is 10.6. The van der Waals surface area contributed by atoms with Gasteiger partial charge < -0.3 is 9.84 Å². The molecule has 1 N–H and O–H groups in total. The van der Waals surface area contributed by atoms with Gasteiger partial charge in [-0.2, -0.15) is 0 Å². The Morgan fingerprint density at radius 2 is 2.17 bits per heavy atom. The fraction of sp³-hybridized carbons (Fsp3) is 0.524. The number of rotatable bonds is 2. The molecule has 0 amide bonds. The molecule has 0 aliphatic heterocycles. The Hall–Kier alpha value is -1.54. The van der Waals surface area contributed by atoms with Crippen LogP contribution in [0, 0.1) is 16.7 Å². The average Bonchev–Trinajstić information content (AvgIpc) is 2.89. The van der Waals surface area contributed by atoms with Crippen LogP contribution in [0.1, 0.15) is 43.7 Å². The van der Waals surface area contributed by atoms with Crippen LogP contribution in [-0.4, -0.2) is 18.3 Å². The van der Waals surface area contributed by atoms with Crippen LogP contribution in [0.15, 0.2) is 36.9 Å². The van der Waals surface area contributed by atoms with Gasteiger partial charge in [0, 0.05) is 10.8 Å². The second-order valence-corrected chi connectivity index (χ2v) is 7.74. The third-order valence-electron chi connectivity index (χ3n) is 6.93. The number of methoxy groups -OCH3 is 1. The Bertz CT molecular complexity index is 689. The minimum Gasteiger partial charge on any atom is -0.497 e. The topological polar surface area (TPSA) is 29.5 Å². The lowest BCUT2D eigenvalue weighted by Gasteiger charge is -2.52. The molecule has 4 rings (SSSR count). The lowest BCUT2D eigenvalue weighted by molar-refractivity contribution is 0.00986. The van der Waals surface area contributed by atoms with Gasteiger partial charge in [-0.15, -0.1) is 6.58 Å². The number of aliphatic hydroxyl groups is 1. The number of benzene rings is 1. The van der Waals surface area contributed by atoms with Crippen molar-refractivity contribution in [3.8, 4) is 5.75 Å². The van der Waals surface area contributed by atoms with Gasteiger partial charge >= 0.3 is 0 Å². The van der Waals surface area contributed by atoms with Crippen LogP contribution in [0.2, 0.25) is 0 Å². The van der Waals surface area contributed by atoms with Gasteiger partial charge in [-0.3, -0.25) is 0 Å². The molecular weight excluding hydrogens is 284 g/mol. The van der Waals surface area contributed by atoms with Crippen molar-refractivity contribution >= 4 is 5.57 Å². The fourth-order valence-electron chi connectivity index (χ4n) is 5.57. The number of allylic oxidation sites excluding steroid dienone is 3. The first-order valence-electron chi connectivity index (χ1n) is 8.75. The van der Waals surface area contributed by atoms with Crippen LogP contribution in [0.3, 0.4) is 0 Å². The van der Waals surface area contributed by atoms with Gasteiger partial charge in [0.05, 0.1) is 13.2 Å². The number of hydrogen-bond acceptors (Lipinski definition) is 2. The molecule has 1 unspecified atom stereocenters. The first-order valence-corrected chi connectivity index (χ1v) is 8.75. The molecule has 0 radical (unpaired) electrons. The van der Waals surface area contributed by atoms with Crippen LogP contribution in [0.5, 0.6) is 5.75 Å². The van der Waals surface area contributed by atoms with E-state index >= 15 is 0 Å². The molecule has 3 aliphatic rings. The van der Waals surface area contributed by atoms with E-state index in [0.29, 0.717) is 5.92 Å². The summed E-state index contributed by atoms with van der Waals surface area (Å²) < 4.78 is 5.39. The van der Waals surface area contributed by atoms with Crippen molar-refractivity contribution in [2.24, 2.45) is 16.7 Å². The standard InChI is InChI=1S/C21H26O2/c1-4-21-12-9-14-13-15(23-3)5-6-16(14)17(21)10-11-20(2)18(21)7-8-19(20)22/h4-6,10,13,18-19,22H,1,7-9,11-12H2,2-3H3/t18?,19-,20-,21+/m0/s1. The third-order valence-corrected chi connectivity index (χ3v) is 6.93. The molecular formula is C21H26O2. The molecule has 3 aliphatic carbocycles. The molecule has 2 nitrogen and oxygen atoms in total. The Labute approximate surface area is 138 Å². The summed E-state index contributed by atoms with van der Waals surface area (Å²) >= 11 is 0. The Balaban J connectivity index is 1.87. The van der Waals surface area contributed by atoms with Crippen molar-refractivity contribution in [1.82, 2.24) is 0 Å². The van der Waals surface area contributed by atoms with Crippen molar-refractivity contribution < 1.29 is 9.84 Å². The van der Waals surface area contributed by atoms with Gasteiger partial charge in [-0.25, -0.2) is 0 Å². The predicted octanol–water partition coefficient (Wildman–Crippen LogP) is 4.38. The van der Waals surface area contributed by atoms with Crippen LogP contribution >= 0.6 is 0 Å². The van der Waals surface area contributed by atoms with E-state index < -0.39 is 0 Å². The van der Waals surface area contributed by atoms with Gasteiger partial charge in [-0.05, 0) is 66.9 Å². The summed E-state index contributed by atoms with van der Waals surface area (Å²) in [5, 5.41) is 10.6. The molecule has 23 heavy (non-hydrogen) atoms. The Morgan fingerprint density at radius 3 is 2.91 bits per heavy atom. The van der Waals surface area contributed by atoms with E-state index in [1.165, 1.54) is 16.7 Å². The monoisotopic (exact) mass is 310 g/mol. The SMILES string of the molecule is C=C[C@@]12CCc3cc(OC)ccc3C1=CC[C@@]1(C)C2CC[C@@H]1O. The van der Waals surface area contributed by atoms with Crippen LogP contribution in [0.4, 0.5) is 0 Å². The summed E-state index contributed by atoms with van der Waals surface area (Å²) in [4.78, 5) is 0. The van der Waals surface area contributed by atoms with Crippen molar-refractivity contribution in [2.75, 3.05) is 7.11 Å². The summed E-state index contributed by atoms with van der Waals surface area (Å²) in [5.41, 5.74) is 4.21. The smallest absolute Gasteiger partial charge is 0.119 e. The first-order chi connectivity index (χ1) is 11.0. The molecule has 1 saturated carbocycles. The van der Waals surface area contributed by atoms with Crippen LogP contribution < -0.4 is 4.74 Å². The number of aryl methyl sites for hydroxylation is 1. The van der Waals surface area contributed by atoms with Crippen LogP contribution in [-0.2, 0) is 6.42 Å². The quantitative estimate of drug-likeness (QED) is 0.822. The van der Waals surface area contributed by atoms with Crippen molar-refractivity contribution in [3.63, 3.8) is 0 Å². The van der Waals surface area contributed by atoms with Gasteiger partial charge in [0.2, 0.25) is 0 Å². The molecule has 0 spiro atoms. The van der Waals surface area contributed by atoms with Crippen molar-refractivity contribution in [1.29, 1.82) is 0 Å². The molecule has 0 saturated heterocycles. The molecule has 2 heteroatoms. The van der Waals surface area contributed by atoms with E-state index in [9.17, 15) is 5.11 Å². The molecule has 0 bridgehead atoms. The molecule has 1 aromatic rings. The minimum atomic E-state index is -0.181. The highest BCUT2D eigenvalue weighted by atomic mass is 16.5. The maximum Gasteiger partial charge on any atom is 0.119 e. The normalized spacial score (nSPS) is 38.1. The van der Waals surface area contributed by atoms with Gasteiger partial charge in [0.25, 0.3) is 0 Å². The predicted molar refractivity (Wildman–Crippen MR) is 93.4 cm³/mol. The second-order valence-electron chi connectivity index (χ2n) is 7.74. The van der Waals surface area contributed by atoms with Gasteiger partial charge in [0.1, 0.15) is 5.75 Å². The zero-order valence-electron chi connectivity index (χ0n) is 14.1. The van der Waals surface area contributed by atoms with Crippen molar-refractivity contribution in [2.45, 2.75) is 45.1 Å². The van der Waals surface area contributed by atoms with E-state index in [1.54, 1.807) is 7.11 Å². The summed E-state index contributed by atoms with van der Waals surface area (Å²) in [7, 11) is 1.73. The zero-order chi connectivity index (χ0) is 16.2. The minimum absolute atomic E-state index is 0.00165. The fourth-order valence-corrected chi connectivity index (χ4v) is 5.57.